The van der Waals surface area contributed by atoms with Crippen LogP contribution in [0.5, 0.6) is 0 Å². The molecule has 8 aromatic carbocycles. The Bertz CT molecular complexity index is 2930. The quantitative estimate of drug-likeness (QED) is 0.146. The Labute approximate surface area is 331 Å². The smallest absolute Gasteiger partial charge is 0.164 e. The lowest BCUT2D eigenvalue weighted by Gasteiger charge is -2.28. The number of pyridine rings is 1. The van der Waals surface area contributed by atoms with E-state index in [9.17, 15) is 0 Å². The molecule has 0 saturated carbocycles. The number of anilines is 3. The van der Waals surface area contributed by atoms with Crippen LogP contribution in [-0.4, -0.2) is 19.9 Å². The van der Waals surface area contributed by atoms with Crippen LogP contribution in [0.3, 0.4) is 0 Å². The summed E-state index contributed by atoms with van der Waals surface area (Å²) in [6.07, 6.45) is 1.86. The van der Waals surface area contributed by atoms with Crippen molar-refractivity contribution in [2.45, 2.75) is 0 Å². The van der Waals surface area contributed by atoms with Crippen LogP contribution in [0, 0.1) is 0 Å². The Hall–Kier alpha value is -7.76. The molecule has 0 N–H and O–H groups in total. The zero-order valence-corrected chi connectivity index (χ0v) is 30.9. The number of rotatable bonds is 8. The molecule has 0 unspecified atom stereocenters. The van der Waals surface area contributed by atoms with Crippen LogP contribution < -0.4 is 4.90 Å². The van der Waals surface area contributed by atoms with Crippen LogP contribution in [0.25, 0.3) is 78.1 Å². The van der Waals surface area contributed by atoms with Crippen LogP contribution in [0.15, 0.2) is 212 Å². The maximum absolute atomic E-state index is 5.06. The summed E-state index contributed by atoms with van der Waals surface area (Å²) in [5, 5.41) is 3.09. The lowest BCUT2D eigenvalue weighted by molar-refractivity contribution is 1.08. The second kappa shape index (κ2) is 14.8. The maximum atomic E-state index is 5.06. The lowest BCUT2D eigenvalue weighted by atomic mass is 9.99. The van der Waals surface area contributed by atoms with Crippen molar-refractivity contribution < 1.29 is 0 Å². The van der Waals surface area contributed by atoms with E-state index in [4.69, 9.17) is 19.9 Å². The van der Waals surface area contributed by atoms with E-state index < -0.39 is 0 Å². The van der Waals surface area contributed by atoms with E-state index >= 15 is 0 Å². The molecule has 5 heteroatoms. The molecule has 0 spiro atoms. The predicted octanol–water partition coefficient (Wildman–Crippen LogP) is 13.4. The van der Waals surface area contributed by atoms with Gasteiger partial charge >= 0.3 is 0 Å². The van der Waals surface area contributed by atoms with Crippen LogP contribution in [0.1, 0.15) is 0 Å². The molecule has 0 fully saturated rings. The first kappa shape index (κ1) is 33.8. The molecular weight excluding hydrogens is 695 g/mol. The molecule has 10 rings (SSSR count). The first-order valence-electron chi connectivity index (χ1n) is 19.1. The Morgan fingerprint density at radius 1 is 0.316 bits per heavy atom. The van der Waals surface area contributed by atoms with Crippen molar-refractivity contribution in [2.24, 2.45) is 0 Å². The summed E-state index contributed by atoms with van der Waals surface area (Å²) in [4.78, 5) is 22.4. The zero-order chi connectivity index (χ0) is 38.0. The fourth-order valence-electron chi connectivity index (χ4n) is 7.59. The molecule has 268 valence electrons. The number of hydrogen-bond acceptors (Lipinski definition) is 5. The molecule has 0 aliphatic heterocycles. The minimum atomic E-state index is 0.600. The van der Waals surface area contributed by atoms with Gasteiger partial charge in [-0.1, -0.05) is 170 Å². The zero-order valence-electron chi connectivity index (χ0n) is 30.9. The molecule has 0 aliphatic carbocycles. The Balaban J connectivity index is 1.14. The fraction of sp³-hybridized carbons (Fsp3) is 0. The molecular formula is C52H35N5. The summed E-state index contributed by atoms with van der Waals surface area (Å²) in [7, 11) is 0. The summed E-state index contributed by atoms with van der Waals surface area (Å²) in [5.41, 5.74) is 11.5. The third-order valence-electron chi connectivity index (χ3n) is 10.4. The molecule has 0 bridgehead atoms. The molecule has 10 aromatic rings. The van der Waals surface area contributed by atoms with E-state index in [-0.39, 0.29) is 0 Å². The van der Waals surface area contributed by atoms with Crippen LogP contribution in [-0.2, 0) is 0 Å². The number of aromatic nitrogens is 4. The molecule has 0 atom stereocenters. The summed E-state index contributed by atoms with van der Waals surface area (Å²) in [5.74, 6) is 1.85. The monoisotopic (exact) mass is 729 g/mol. The number of hydrogen-bond donors (Lipinski definition) is 0. The van der Waals surface area contributed by atoms with Gasteiger partial charge in [0, 0.05) is 50.4 Å². The second-order valence-corrected chi connectivity index (χ2v) is 13.9. The highest BCUT2D eigenvalue weighted by Gasteiger charge is 2.20. The summed E-state index contributed by atoms with van der Waals surface area (Å²) in [6, 6.07) is 71.6. The SMILES string of the molecule is c1ccc(-c2ccc(N(c3cccc(-c4ccccc4)c3)c3cccc4c3ccc3c(-c5nc(-c6ccccc6)nc(-c6ccccc6)n5)ccnc34)cc2)cc1. The first-order chi connectivity index (χ1) is 28.3. The summed E-state index contributed by atoms with van der Waals surface area (Å²) >= 11 is 0. The molecule has 0 amide bonds. The lowest BCUT2D eigenvalue weighted by Crippen LogP contribution is -2.10. The first-order valence-corrected chi connectivity index (χ1v) is 19.1. The van der Waals surface area contributed by atoms with Crippen molar-refractivity contribution >= 4 is 38.7 Å². The van der Waals surface area contributed by atoms with Crippen LogP contribution in [0.2, 0.25) is 0 Å². The van der Waals surface area contributed by atoms with Crippen molar-refractivity contribution in [3.05, 3.63) is 212 Å². The van der Waals surface area contributed by atoms with Gasteiger partial charge in [-0.25, -0.2) is 15.0 Å². The van der Waals surface area contributed by atoms with E-state index in [0.717, 1.165) is 61.0 Å². The molecule has 5 nitrogen and oxygen atoms in total. The van der Waals surface area contributed by atoms with Crippen molar-refractivity contribution in [3.8, 4) is 56.4 Å². The van der Waals surface area contributed by atoms with E-state index in [1.165, 1.54) is 16.7 Å². The molecule has 2 aromatic heterocycles. The van der Waals surface area contributed by atoms with E-state index in [2.05, 4.69) is 144 Å². The standard InChI is InChI=1S/C52H35N5/c1-5-15-36(16-6-1)38-27-29-42(30-28-38)57(43-24-13-23-41(35-43)37-17-7-2-8-18-37)48-26-14-25-45-44(48)31-32-46-47(33-34-53-49(45)46)52-55-50(39-19-9-3-10-20-39)54-51(56-52)40-21-11-4-12-22-40/h1-35H. The topological polar surface area (TPSA) is 54.8 Å². The van der Waals surface area contributed by atoms with Gasteiger partial charge in [0.25, 0.3) is 0 Å². The van der Waals surface area contributed by atoms with Gasteiger partial charge in [-0.2, -0.15) is 0 Å². The van der Waals surface area contributed by atoms with E-state index in [0.29, 0.717) is 17.5 Å². The minimum Gasteiger partial charge on any atom is -0.310 e. The van der Waals surface area contributed by atoms with Gasteiger partial charge in [0.2, 0.25) is 0 Å². The van der Waals surface area contributed by atoms with Gasteiger partial charge in [0.15, 0.2) is 17.5 Å². The maximum Gasteiger partial charge on any atom is 0.164 e. The molecule has 2 heterocycles. The molecule has 57 heavy (non-hydrogen) atoms. The van der Waals surface area contributed by atoms with E-state index in [1.54, 1.807) is 0 Å². The number of nitrogens with zero attached hydrogens (tertiary/aromatic N) is 5. The van der Waals surface area contributed by atoms with Crippen molar-refractivity contribution in [1.29, 1.82) is 0 Å². The Morgan fingerprint density at radius 3 is 1.46 bits per heavy atom. The van der Waals surface area contributed by atoms with Gasteiger partial charge in [-0.3, -0.25) is 4.98 Å². The van der Waals surface area contributed by atoms with Gasteiger partial charge < -0.3 is 4.90 Å². The molecule has 0 aliphatic rings. The third-order valence-corrected chi connectivity index (χ3v) is 10.4. The Morgan fingerprint density at radius 2 is 0.825 bits per heavy atom. The fourth-order valence-corrected chi connectivity index (χ4v) is 7.59. The van der Waals surface area contributed by atoms with Crippen LogP contribution >= 0.6 is 0 Å². The van der Waals surface area contributed by atoms with E-state index in [1.807, 2.05) is 72.9 Å². The summed E-state index contributed by atoms with van der Waals surface area (Å²) in [6.45, 7) is 0. The predicted molar refractivity (Wildman–Crippen MR) is 234 cm³/mol. The molecule has 0 radical (unpaired) electrons. The number of fused-ring (bicyclic) bond motifs is 3. The highest BCUT2D eigenvalue weighted by molar-refractivity contribution is 6.14. The summed E-state index contributed by atoms with van der Waals surface area (Å²) < 4.78 is 0. The molecule has 0 saturated heterocycles. The Kier molecular flexibility index (Phi) is 8.78. The van der Waals surface area contributed by atoms with Crippen LogP contribution in [0.4, 0.5) is 17.1 Å². The third kappa shape index (κ3) is 6.58. The average molecular weight is 730 g/mol. The van der Waals surface area contributed by atoms with Gasteiger partial charge in [0.1, 0.15) is 0 Å². The highest BCUT2D eigenvalue weighted by atomic mass is 15.1. The van der Waals surface area contributed by atoms with Gasteiger partial charge in [-0.15, -0.1) is 0 Å². The minimum absolute atomic E-state index is 0.600. The van der Waals surface area contributed by atoms with Gasteiger partial charge in [-0.05, 0) is 58.7 Å². The van der Waals surface area contributed by atoms with Crippen molar-refractivity contribution in [2.75, 3.05) is 4.90 Å². The normalized spacial score (nSPS) is 11.2. The second-order valence-electron chi connectivity index (χ2n) is 13.9. The van der Waals surface area contributed by atoms with Crippen molar-refractivity contribution in [3.63, 3.8) is 0 Å². The van der Waals surface area contributed by atoms with Gasteiger partial charge in [0.05, 0.1) is 11.2 Å². The van der Waals surface area contributed by atoms with Crippen molar-refractivity contribution in [1.82, 2.24) is 19.9 Å². The average Bonchev–Trinajstić information content (AvgIpc) is 3.30. The number of benzene rings is 8. The highest BCUT2D eigenvalue weighted by Crippen LogP contribution is 2.43. The largest absolute Gasteiger partial charge is 0.310 e.